The Bertz CT molecular complexity index is 1150. The first kappa shape index (κ1) is 61.5. The van der Waals surface area contributed by atoms with E-state index >= 15 is 0 Å². The van der Waals surface area contributed by atoms with Gasteiger partial charge < -0.3 is 28.5 Å². The number of quaternary nitrogens is 1. The third-order valence-electron chi connectivity index (χ3n) is 11.6. The van der Waals surface area contributed by atoms with Crippen LogP contribution in [-0.4, -0.2) is 87.4 Å². The van der Waals surface area contributed by atoms with E-state index in [-0.39, 0.29) is 32.2 Å². The van der Waals surface area contributed by atoms with Gasteiger partial charge in [0.2, 0.25) is 0 Å². The van der Waals surface area contributed by atoms with Crippen molar-refractivity contribution in [3.63, 3.8) is 0 Å². The number of rotatable bonds is 49. The minimum Gasteiger partial charge on any atom is -0.477 e. The smallest absolute Gasteiger partial charge is 0.361 e. The maximum atomic E-state index is 12.8. The van der Waals surface area contributed by atoms with Crippen molar-refractivity contribution < 1.29 is 42.9 Å². The maximum Gasteiger partial charge on any atom is 0.361 e. The molecule has 0 radical (unpaired) electrons. The molecule has 0 rings (SSSR count). The predicted molar refractivity (Wildman–Crippen MR) is 267 cm³/mol. The van der Waals surface area contributed by atoms with Gasteiger partial charge in [0.1, 0.15) is 13.2 Å². The zero-order valence-corrected chi connectivity index (χ0v) is 42.4. The minimum atomic E-state index is -1.51. The molecule has 0 saturated carbocycles. The Morgan fingerprint density at radius 1 is 0.469 bits per heavy atom. The summed E-state index contributed by atoms with van der Waals surface area (Å²) in [6.45, 7) is 4.86. The molecule has 0 aromatic carbocycles. The summed E-state index contributed by atoms with van der Waals surface area (Å²) in [4.78, 5) is 37.3. The predicted octanol–water partition coefficient (Wildman–Crippen LogP) is 15.0. The number of carboxylic acid groups (broad SMARTS) is 1. The van der Waals surface area contributed by atoms with Gasteiger partial charge in [-0.15, -0.1) is 0 Å². The van der Waals surface area contributed by atoms with Gasteiger partial charge in [0, 0.05) is 12.8 Å². The van der Waals surface area contributed by atoms with Crippen LogP contribution in [0.1, 0.15) is 239 Å². The van der Waals surface area contributed by atoms with Gasteiger partial charge in [-0.25, -0.2) is 4.79 Å². The van der Waals surface area contributed by atoms with Crippen LogP contribution in [0.15, 0.2) is 36.5 Å². The SMILES string of the molecule is CCCCCC/C=C\C/C=C\CCCCCCCC(=O)OC(COC(=O)CCCCCCCCCCCCC/C=C\CCCCCCCCCC)COC(OCC[N+](C)(C)C)C(=O)O. The highest BCUT2D eigenvalue weighted by molar-refractivity contribution is 5.71. The molecule has 2 unspecified atom stereocenters. The Morgan fingerprint density at radius 2 is 0.844 bits per heavy atom. The molecule has 0 aromatic heterocycles. The number of carbonyl (C=O) groups excluding carboxylic acids is 2. The van der Waals surface area contributed by atoms with Crippen molar-refractivity contribution in [2.45, 2.75) is 251 Å². The second kappa shape index (κ2) is 47.0. The first-order chi connectivity index (χ1) is 31.1. The number of esters is 2. The molecule has 2 atom stereocenters. The van der Waals surface area contributed by atoms with Crippen LogP contribution in [-0.2, 0) is 33.3 Å². The first-order valence-corrected chi connectivity index (χ1v) is 26.7. The zero-order chi connectivity index (χ0) is 47.0. The van der Waals surface area contributed by atoms with E-state index in [9.17, 15) is 19.5 Å². The van der Waals surface area contributed by atoms with Crippen LogP contribution in [0.25, 0.3) is 0 Å². The third-order valence-corrected chi connectivity index (χ3v) is 11.6. The molecule has 64 heavy (non-hydrogen) atoms. The van der Waals surface area contributed by atoms with E-state index in [2.05, 4.69) is 50.3 Å². The second-order valence-electron chi connectivity index (χ2n) is 19.2. The fourth-order valence-electron chi connectivity index (χ4n) is 7.45. The lowest BCUT2D eigenvalue weighted by Crippen LogP contribution is -2.40. The number of carbonyl (C=O) groups is 3. The molecule has 0 bridgehead atoms. The summed E-state index contributed by atoms with van der Waals surface area (Å²) in [5, 5.41) is 9.67. The molecule has 1 N–H and O–H groups in total. The number of nitrogens with zero attached hydrogens (tertiary/aromatic N) is 1. The quantitative estimate of drug-likeness (QED) is 0.0211. The number of hydrogen-bond donors (Lipinski definition) is 1. The molecular formula is C55H102NO8+. The Labute approximate surface area is 394 Å². The van der Waals surface area contributed by atoms with Crippen LogP contribution in [0, 0.1) is 0 Å². The largest absolute Gasteiger partial charge is 0.477 e. The van der Waals surface area contributed by atoms with E-state index in [0.717, 1.165) is 57.8 Å². The maximum absolute atomic E-state index is 12.8. The summed E-state index contributed by atoms with van der Waals surface area (Å²) in [6.07, 6.45) is 52.1. The molecule has 0 aliphatic carbocycles. The summed E-state index contributed by atoms with van der Waals surface area (Å²) in [6, 6.07) is 0. The highest BCUT2D eigenvalue weighted by atomic mass is 16.7. The number of allylic oxidation sites excluding steroid dienone is 6. The molecule has 0 aliphatic heterocycles. The van der Waals surface area contributed by atoms with Gasteiger partial charge in [-0.05, 0) is 70.6 Å². The van der Waals surface area contributed by atoms with Gasteiger partial charge >= 0.3 is 17.9 Å². The number of carboxylic acids is 1. The van der Waals surface area contributed by atoms with E-state index in [4.69, 9.17) is 18.9 Å². The Hall–Kier alpha value is -2.49. The van der Waals surface area contributed by atoms with Crippen LogP contribution >= 0.6 is 0 Å². The molecule has 0 heterocycles. The molecule has 0 aliphatic rings. The molecule has 0 amide bonds. The highest BCUT2D eigenvalue weighted by Crippen LogP contribution is 2.15. The lowest BCUT2D eigenvalue weighted by Gasteiger charge is -2.25. The van der Waals surface area contributed by atoms with Crippen LogP contribution in [0.2, 0.25) is 0 Å². The van der Waals surface area contributed by atoms with E-state index in [1.807, 2.05) is 21.1 Å². The van der Waals surface area contributed by atoms with Crippen LogP contribution < -0.4 is 0 Å². The van der Waals surface area contributed by atoms with E-state index in [1.165, 1.54) is 148 Å². The summed E-state index contributed by atoms with van der Waals surface area (Å²) in [5.41, 5.74) is 0. The van der Waals surface area contributed by atoms with Crippen molar-refractivity contribution in [2.75, 3.05) is 47.5 Å². The molecule has 9 nitrogen and oxygen atoms in total. The Morgan fingerprint density at radius 3 is 1.27 bits per heavy atom. The van der Waals surface area contributed by atoms with Gasteiger partial charge in [-0.2, -0.15) is 0 Å². The van der Waals surface area contributed by atoms with Crippen LogP contribution in [0.4, 0.5) is 0 Å². The number of aliphatic carboxylic acids is 1. The lowest BCUT2D eigenvalue weighted by molar-refractivity contribution is -0.870. The summed E-state index contributed by atoms with van der Waals surface area (Å²) in [7, 11) is 5.96. The van der Waals surface area contributed by atoms with Gasteiger partial charge in [-0.1, -0.05) is 192 Å². The second-order valence-corrected chi connectivity index (χ2v) is 19.2. The molecule has 0 fully saturated rings. The normalized spacial score (nSPS) is 13.1. The van der Waals surface area contributed by atoms with Crippen molar-refractivity contribution in [2.24, 2.45) is 0 Å². The third kappa shape index (κ3) is 47.5. The molecular weight excluding hydrogens is 803 g/mol. The van der Waals surface area contributed by atoms with Crippen molar-refractivity contribution >= 4 is 17.9 Å². The number of likely N-dealkylation sites (N-methyl/N-ethyl adjacent to an activating group) is 1. The van der Waals surface area contributed by atoms with Gasteiger partial charge in [0.05, 0.1) is 34.4 Å². The Kier molecular flexibility index (Phi) is 45.2. The monoisotopic (exact) mass is 905 g/mol. The topological polar surface area (TPSA) is 108 Å². The van der Waals surface area contributed by atoms with Crippen molar-refractivity contribution in [3.8, 4) is 0 Å². The molecule has 0 saturated heterocycles. The fourth-order valence-corrected chi connectivity index (χ4v) is 7.45. The standard InChI is InChI=1S/C55H101NO8/c1-6-8-10-12-14-16-18-20-22-24-25-26-27-28-29-30-32-33-35-37-39-41-43-45-52(57)62-49-51(50-63-55(54(59)60)61-48-47-56(3,4)5)64-53(58)46-44-42-40-38-36-34-31-23-21-19-17-15-13-11-9-7-2/h17,19,23-25,31,51,55H,6-16,18,20-22,26-30,32-50H2,1-5H3/p+1/b19-17-,25-24-,31-23-. The van der Waals surface area contributed by atoms with E-state index < -0.39 is 24.3 Å². The average Bonchev–Trinajstić information content (AvgIpc) is 3.26. The average molecular weight is 905 g/mol. The van der Waals surface area contributed by atoms with E-state index in [1.54, 1.807) is 0 Å². The van der Waals surface area contributed by atoms with Gasteiger partial charge in [0.25, 0.3) is 6.29 Å². The van der Waals surface area contributed by atoms with Crippen LogP contribution in [0.3, 0.4) is 0 Å². The molecule has 374 valence electrons. The van der Waals surface area contributed by atoms with E-state index in [0.29, 0.717) is 23.9 Å². The lowest BCUT2D eigenvalue weighted by atomic mass is 10.0. The van der Waals surface area contributed by atoms with Gasteiger partial charge in [-0.3, -0.25) is 9.59 Å². The Balaban J connectivity index is 4.28. The number of ether oxygens (including phenoxy) is 4. The van der Waals surface area contributed by atoms with Crippen molar-refractivity contribution in [1.29, 1.82) is 0 Å². The summed E-state index contributed by atoms with van der Waals surface area (Å²) >= 11 is 0. The zero-order valence-electron chi connectivity index (χ0n) is 42.4. The molecule has 0 aromatic rings. The van der Waals surface area contributed by atoms with Crippen molar-refractivity contribution in [1.82, 2.24) is 0 Å². The van der Waals surface area contributed by atoms with Gasteiger partial charge in [0.15, 0.2) is 6.10 Å². The molecule has 0 spiro atoms. The van der Waals surface area contributed by atoms with Crippen LogP contribution in [0.5, 0.6) is 0 Å². The molecule has 9 heteroatoms. The van der Waals surface area contributed by atoms with Crippen molar-refractivity contribution in [3.05, 3.63) is 36.5 Å². The minimum absolute atomic E-state index is 0.185. The summed E-state index contributed by atoms with van der Waals surface area (Å²) < 4.78 is 22.8. The summed E-state index contributed by atoms with van der Waals surface area (Å²) in [5.74, 6) is -2.02. The fraction of sp³-hybridized carbons (Fsp3) is 0.836. The first-order valence-electron chi connectivity index (χ1n) is 26.7. The number of hydrogen-bond acceptors (Lipinski definition) is 7. The highest BCUT2D eigenvalue weighted by Gasteiger charge is 2.25. The number of unbranched alkanes of at least 4 members (excludes halogenated alkanes) is 28.